The summed E-state index contributed by atoms with van der Waals surface area (Å²) in [7, 11) is 0. The molecule has 42 heavy (non-hydrogen) atoms. The molecule has 2 N–H and O–H groups in total. The zero-order chi connectivity index (χ0) is 30.7. The molecule has 1 aliphatic rings. The first-order valence-electron chi connectivity index (χ1n) is 13.4. The van der Waals surface area contributed by atoms with Crippen LogP contribution in [0.1, 0.15) is 58.8 Å². The predicted octanol–water partition coefficient (Wildman–Crippen LogP) is 8.11. The summed E-state index contributed by atoms with van der Waals surface area (Å²) in [6.45, 7) is 2.30. The van der Waals surface area contributed by atoms with E-state index in [0.717, 1.165) is 12.1 Å². The fraction of sp³-hybridized carbons (Fsp3) is 0.355. The Balaban J connectivity index is 1.52. The van der Waals surface area contributed by atoms with Crippen molar-refractivity contribution in [3.05, 3.63) is 89.0 Å². The number of benzene rings is 3. The highest BCUT2D eigenvalue weighted by molar-refractivity contribution is 5.95. The van der Waals surface area contributed by atoms with Crippen LogP contribution >= 0.6 is 0 Å². The van der Waals surface area contributed by atoms with Crippen LogP contribution in [0.2, 0.25) is 0 Å². The van der Waals surface area contributed by atoms with E-state index in [1.165, 1.54) is 17.0 Å². The highest BCUT2D eigenvalue weighted by atomic mass is 19.4. The molecule has 0 aromatic heterocycles. The number of rotatable bonds is 8. The zero-order valence-corrected chi connectivity index (χ0v) is 22.7. The van der Waals surface area contributed by atoms with Crippen LogP contribution in [0.25, 0.3) is 11.1 Å². The van der Waals surface area contributed by atoms with Gasteiger partial charge in [-0.2, -0.15) is 26.3 Å². The van der Waals surface area contributed by atoms with Crippen molar-refractivity contribution in [1.82, 2.24) is 4.90 Å². The number of carbonyl (C=O) groups excluding carboxylic acids is 1. The highest BCUT2D eigenvalue weighted by Crippen LogP contribution is 2.35. The van der Waals surface area contributed by atoms with E-state index >= 15 is 0 Å². The molecule has 1 saturated heterocycles. The molecule has 1 unspecified atom stereocenters. The van der Waals surface area contributed by atoms with Crippen molar-refractivity contribution in [3.63, 3.8) is 0 Å². The number of halogens is 6. The number of aryl methyl sites for hydroxylation is 1. The third kappa shape index (κ3) is 7.83. The summed E-state index contributed by atoms with van der Waals surface area (Å²) in [6.07, 6.45) is -9.06. The minimum Gasteiger partial charge on any atom is -0.481 e. The molecule has 5 nitrogen and oxygen atoms in total. The number of nitrogens with one attached hydrogen (secondary N) is 1. The third-order valence-electron chi connectivity index (χ3n) is 7.44. The van der Waals surface area contributed by atoms with Crippen LogP contribution in [0.3, 0.4) is 0 Å². The van der Waals surface area contributed by atoms with Crippen LogP contribution in [0.4, 0.5) is 32.0 Å². The zero-order valence-electron chi connectivity index (χ0n) is 22.7. The van der Waals surface area contributed by atoms with Gasteiger partial charge in [-0.1, -0.05) is 30.3 Å². The topological polar surface area (TPSA) is 69.6 Å². The molecule has 224 valence electrons. The van der Waals surface area contributed by atoms with Gasteiger partial charge in [-0.3, -0.25) is 9.59 Å². The van der Waals surface area contributed by atoms with E-state index in [0.29, 0.717) is 52.9 Å². The molecule has 4 rings (SSSR count). The van der Waals surface area contributed by atoms with Gasteiger partial charge in [0.15, 0.2) is 0 Å². The van der Waals surface area contributed by atoms with Crippen LogP contribution in [0, 0.1) is 12.8 Å². The predicted molar refractivity (Wildman–Crippen MR) is 146 cm³/mol. The standard InChI is InChI=1S/C31H30F6N2O3/c1-19-17-22(20-4-9-24(10-5-20)31(35,36)37)8-13-26(19)27(14-15-30(32,33)34)38-25-11-6-21(7-12-25)28(40)39-16-2-3-23(18-39)29(41)42/h4-13,17,23,27,38H,2-3,14-16,18H2,1H3,(H,41,42)/t23-,27?/m1/s1. The molecule has 0 radical (unpaired) electrons. The Morgan fingerprint density at radius 1 is 0.952 bits per heavy atom. The molecular formula is C31H30F6N2O3. The Bertz CT molecular complexity index is 1400. The number of piperidine rings is 1. The Morgan fingerprint density at radius 3 is 2.17 bits per heavy atom. The number of nitrogens with zero attached hydrogens (tertiary/aromatic N) is 1. The Hall–Kier alpha value is -4.02. The van der Waals surface area contributed by atoms with Crippen LogP contribution in [-0.2, 0) is 11.0 Å². The largest absolute Gasteiger partial charge is 0.481 e. The lowest BCUT2D eigenvalue weighted by atomic mass is 9.93. The molecule has 1 fully saturated rings. The number of hydrogen-bond acceptors (Lipinski definition) is 3. The van der Waals surface area contributed by atoms with Gasteiger partial charge in [0.25, 0.3) is 5.91 Å². The van der Waals surface area contributed by atoms with E-state index in [4.69, 9.17) is 0 Å². The number of anilines is 1. The van der Waals surface area contributed by atoms with E-state index in [-0.39, 0.29) is 18.9 Å². The molecule has 3 aromatic carbocycles. The Labute approximate surface area is 239 Å². The van der Waals surface area contributed by atoms with Crippen LogP contribution in [0.15, 0.2) is 66.7 Å². The molecule has 0 saturated carbocycles. The van der Waals surface area contributed by atoms with E-state index in [9.17, 15) is 41.0 Å². The maximum Gasteiger partial charge on any atom is 0.416 e. The summed E-state index contributed by atoms with van der Waals surface area (Å²) in [6, 6.07) is 15.3. The van der Waals surface area contributed by atoms with Gasteiger partial charge in [0.2, 0.25) is 0 Å². The van der Waals surface area contributed by atoms with Crippen LogP contribution in [0.5, 0.6) is 0 Å². The van der Waals surface area contributed by atoms with Crippen molar-refractivity contribution in [1.29, 1.82) is 0 Å². The first-order chi connectivity index (χ1) is 19.7. The van der Waals surface area contributed by atoms with Gasteiger partial charge < -0.3 is 15.3 Å². The number of likely N-dealkylation sites (tertiary alicyclic amines) is 1. The van der Waals surface area contributed by atoms with Crippen LogP contribution in [-0.4, -0.2) is 41.1 Å². The molecule has 1 amide bonds. The van der Waals surface area contributed by atoms with Gasteiger partial charge >= 0.3 is 18.3 Å². The average molecular weight is 593 g/mol. The van der Waals surface area contributed by atoms with Gasteiger partial charge in [-0.05, 0) is 84.8 Å². The summed E-state index contributed by atoms with van der Waals surface area (Å²) in [4.78, 5) is 25.8. The van der Waals surface area contributed by atoms with Gasteiger partial charge in [0, 0.05) is 30.8 Å². The molecule has 1 heterocycles. The van der Waals surface area contributed by atoms with Crippen molar-refractivity contribution in [2.45, 2.75) is 51.0 Å². The second-order valence-corrected chi connectivity index (χ2v) is 10.5. The molecular weight excluding hydrogens is 562 g/mol. The second kappa shape index (κ2) is 12.5. The lowest BCUT2D eigenvalue weighted by molar-refractivity contribution is -0.143. The van der Waals surface area contributed by atoms with E-state index in [1.54, 1.807) is 49.4 Å². The number of hydrogen-bond donors (Lipinski definition) is 2. The maximum absolute atomic E-state index is 13.2. The minimum absolute atomic E-state index is 0.120. The molecule has 0 spiro atoms. The van der Waals surface area contributed by atoms with Crippen molar-refractivity contribution in [3.8, 4) is 11.1 Å². The smallest absolute Gasteiger partial charge is 0.416 e. The monoisotopic (exact) mass is 592 g/mol. The lowest BCUT2D eigenvalue weighted by Crippen LogP contribution is -2.42. The van der Waals surface area contributed by atoms with Gasteiger partial charge in [-0.15, -0.1) is 0 Å². The summed E-state index contributed by atoms with van der Waals surface area (Å²) >= 11 is 0. The summed E-state index contributed by atoms with van der Waals surface area (Å²) in [5.74, 6) is -1.87. The molecule has 1 aliphatic heterocycles. The van der Waals surface area contributed by atoms with E-state index < -0.39 is 42.3 Å². The number of carboxylic acid groups (broad SMARTS) is 1. The highest BCUT2D eigenvalue weighted by Gasteiger charge is 2.31. The third-order valence-corrected chi connectivity index (χ3v) is 7.44. The van der Waals surface area contributed by atoms with Gasteiger partial charge in [0.05, 0.1) is 17.5 Å². The van der Waals surface area contributed by atoms with Crippen molar-refractivity contribution in [2.24, 2.45) is 5.92 Å². The number of amides is 1. The van der Waals surface area contributed by atoms with Crippen molar-refractivity contribution >= 4 is 17.6 Å². The first-order valence-corrected chi connectivity index (χ1v) is 13.4. The van der Waals surface area contributed by atoms with Gasteiger partial charge in [0.1, 0.15) is 0 Å². The second-order valence-electron chi connectivity index (χ2n) is 10.5. The van der Waals surface area contributed by atoms with Crippen molar-refractivity contribution < 1.29 is 41.0 Å². The summed E-state index contributed by atoms with van der Waals surface area (Å²) in [5.41, 5.74) is 2.50. The molecule has 3 aromatic rings. The van der Waals surface area contributed by atoms with E-state index in [2.05, 4.69) is 5.32 Å². The summed E-state index contributed by atoms with van der Waals surface area (Å²) in [5, 5.41) is 12.4. The minimum atomic E-state index is -4.46. The molecule has 2 atom stereocenters. The van der Waals surface area contributed by atoms with E-state index in [1.807, 2.05) is 0 Å². The molecule has 11 heteroatoms. The normalized spacial score (nSPS) is 16.6. The first kappa shape index (κ1) is 30.9. The fourth-order valence-corrected chi connectivity index (χ4v) is 5.17. The number of carbonyl (C=O) groups is 2. The summed E-state index contributed by atoms with van der Waals surface area (Å²) < 4.78 is 78.3. The number of alkyl halides is 6. The average Bonchev–Trinajstić information content (AvgIpc) is 2.94. The quantitative estimate of drug-likeness (QED) is 0.259. The number of carboxylic acids is 1. The SMILES string of the molecule is Cc1cc(-c2ccc(C(F)(F)F)cc2)ccc1C(CCC(F)(F)F)Nc1ccc(C(=O)N2CCC[C@@H](C(=O)O)C2)cc1. The Morgan fingerprint density at radius 2 is 1.60 bits per heavy atom. The fourth-order valence-electron chi connectivity index (χ4n) is 5.17. The lowest BCUT2D eigenvalue weighted by Gasteiger charge is -2.30. The maximum atomic E-state index is 13.2. The number of aliphatic carboxylic acids is 1. The molecule has 0 bridgehead atoms. The van der Waals surface area contributed by atoms with Gasteiger partial charge in [-0.25, -0.2) is 0 Å². The van der Waals surface area contributed by atoms with Crippen molar-refractivity contribution in [2.75, 3.05) is 18.4 Å². The molecule has 0 aliphatic carbocycles. The van der Waals surface area contributed by atoms with Crippen LogP contribution < -0.4 is 5.32 Å². The Kier molecular flexibility index (Phi) is 9.18.